The molecule has 0 fully saturated rings. The number of hydrogen-bond donors (Lipinski definition) is 2. The Bertz CT molecular complexity index is 1270. The Morgan fingerprint density at radius 3 is 2.45 bits per heavy atom. The number of thioether (sulfide) groups is 1. The first-order chi connectivity index (χ1) is 16.2. The van der Waals surface area contributed by atoms with Gasteiger partial charge in [0.1, 0.15) is 5.25 Å². The Balaban J connectivity index is 1.52. The SMILES string of the molecule is CCc1cccc(C)c1NC(=O)[C@@H]1Sc2nnc(-c3ccccc3)n2N[C@@H]1c1ccccc1. The first-order valence-corrected chi connectivity index (χ1v) is 11.9. The van der Waals surface area contributed by atoms with E-state index in [1.807, 2.05) is 84.4 Å². The number of nitrogens with zero attached hydrogens (tertiary/aromatic N) is 3. The average molecular weight is 456 g/mol. The Morgan fingerprint density at radius 2 is 1.73 bits per heavy atom. The van der Waals surface area contributed by atoms with Crippen LogP contribution in [0.1, 0.15) is 29.7 Å². The normalized spacial score (nSPS) is 17.2. The summed E-state index contributed by atoms with van der Waals surface area (Å²) in [5.41, 5.74) is 8.61. The van der Waals surface area contributed by atoms with Gasteiger partial charge in [0.05, 0.1) is 6.04 Å². The molecule has 1 amide bonds. The lowest BCUT2D eigenvalue weighted by Gasteiger charge is -2.33. The summed E-state index contributed by atoms with van der Waals surface area (Å²) < 4.78 is 1.90. The van der Waals surface area contributed by atoms with E-state index in [1.165, 1.54) is 11.8 Å². The fourth-order valence-electron chi connectivity index (χ4n) is 4.14. The number of nitrogens with one attached hydrogen (secondary N) is 2. The highest BCUT2D eigenvalue weighted by molar-refractivity contribution is 8.00. The van der Waals surface area contributed by atoms with E-state index in [9.17, 15) is 4.79 Å². The van der Waals surface area contributed by atoms with Crippen molar-refractivity contribution < 1.29 is 4.79 Å². The van der Waals surface area contributed by atoms with Crippen LogP contribution in [-0.2, 0) is 11.2 Å². The molecule has 0 radical (unpaired) electrons. The number of amides is 1. The molecular formula is C26H25N5OS. The maximum atomic E-state index is 13.6. The Kier molecular flexibility index (Phi) is 5.88. The summed E-state index contributed by atoms with van der Waals surface area (Å²) in [4.78, 5) is 13.6. The van der Waals surface area contributed by atoms with Crippen molar-refractivity contribution in [3.8, 4) is 11.4 Å². The number of anilines is 1. The summed E-state index contributed by atoms with van der Waals surface area (Å²) in [6.07, 6.45) is 0.851. The fourth-order valence-corrected chi connectivity index (χ4v) is 5.22. The van der Waals surface area contributed by atoms with Crippen LogP contribution < -0.4 is 10.7 Å². The van der Waals surface area contributed by atoms with Crippen LogP contribution in [-0.4, -0.2) is 26.0 Å². The lowest BCUT2D eigenvalue weighted by Crippen LogP contribution is -2.41. The number of benzene rings is 3. The number of para-hydroxylation sites is 1. The molecule has 1 aliphatic rings. The zero-order valence-electron chi connectivity index (χ0n) is 18.5. The van der Waals surface area contributed by atoms with Gasteiger partial charge in [-0.3, -0.25) is 4.79 Å². The summed E-state index contributed by atoms with van der Waals surface area (Å²) in [5.74, 6) is 0.672. The van der Waals surface area contributed by atoms with Crippen molar-refractivity contribution in [3.05, 3.63) is 95.6 Å². The van der Waals surface area contributed by atoms with Gasteiger partial charge in [-0.25, -0.2) is 4.68 Å². The summed E-state index contributed by atoms with van der Waals surface area (Å²) >= 11 is 1.44. The highest BCUT2D eigenvalue weighted by atomic mass is 32.2. The van der Waals surface area contributed by atoms with E-state index in [4.69, 9.17) is 0 Å². The van der Waals surface area contributed by atoms with Crippen LogP contribution in [0.15, 0.2) is 84.0 Å². The molecule has 0 saturated heterocycles. The van der Waals surface area contributed by atoms with Crippen LogP contribution in [0.5, 0.6) is 0 Å². The van der Waals surface area contributed by atoms with Crippen molar-refractivity contribution >= 4 is 23.4 Å². The van der Waals surface area contributed by atoms with Crippen molar-refractivity contribution in [2.24, 2.45) is 0 Å². The monoisotopic (exact) mass is 455 g/mol. The average Bonchev–Trinajstić information content (AvgIpc) is 3.28. The molecule has 3 aromatic carbocycles. The second kappa shape index (κ2) is 9.11. The Morgan fingerprint density at radius 1 is 1.00 bits per heavy atom. The summed E-state index contributed by atoms with van der Waals surface area (Å²) in [7, 11) is 0. The number of aryl methyl sites for hydroxylation is 2. The van der Waals surface area contributed by atoms with Gasteiger partial charge in [-0.2, -0.15) is 0 Å². The molecule has 0 unspecified atom stereocenters. The second-order valence-electron chi connectivity index (χ2n) is 8.02. The van der Waals surface area contributed by atoms with Gasteiger partial charge in [-0.1, -0.05) is 97.5 Å². The maximum absolute atomic E-state index is 13.6. The van der Waals surface area contributed by atoms with E-state index in [0.29, 0.717) is 5.16 Å². The minimum atomic E-state index is -0.419. The molecule has 5 rings (SSSR count). The molecule has 0 aliphatic carbocycles. The molecule has 4 aromatic rings. The maximum Gasteiger partial charge on any atom is 0.240 e. The molecule has 2 N–H and O–H groups in total. The summed E-state index contributed by atoms with van der Waals surface area (Å²) in [6.45, 7) is 4.13. The molecule has 1 aromatic heterocycles. The minimum absolute atomic E-state index is 0.0548. The lowest BCUT2D eigenvalue weighted by molar-refractivity contribution is -0.116. The van der Waals surface area contributed by atoms with Crippen LogP contribution in [0.4, 0.5) is 5.69 Å². The number of carbonyl (C=O) groups excluding carboxylic acids is 1. The highest BCUT2D eigenvalue weighted by Gasteiger charge is 2.38. The minimum Gasteiger partial charge on any atom is -0.325 e. The molecule has 33 heavy (non-hydrogen) atoms. The number of rotatable bonds is 5. The molecule has 166 valence electrons. The second-order valence-corrected chi connectivity index (χ2v) is 9.12. The van der Waals surface area contributed by atoms with Gasteiger partial charge >= 0.3 is 0 Å². The third kappa shape index (κ3) is 4.12. The third-order valence-electron chi connectivity index (χ3n) is 5.87. The zero-order valence-corrected chi connectivity index (χ0v) is 19.3. The first kappa shape index (κ1) is 21.3. The fraction of sp³-hybridized carbons (Fsp3) is 0.192. The Hall–Kier alpha value is -3.58. The van der Waals surface area contributed by atoms with Crippen LogP contribution in [0, 0.1) is 6.92 Å². The number of aromatic nitrogens is 3. The number of hydrogen-bond acceptors (Lipinski definition) is 5. The molecule has 0 spiro atoms. The Labute approximate surface area is 197 Å². The molecule has 7 heteroatoms. The van der Waals surface area contributed by atoms with Crippen molar-refractivity contribution in [1.82, 2.24) is 14.9 Å². The predicted octanol–water partition coefficient (Wildman–Crippen LogP) is 5.21. The zero-order chi connectivity index (χ0) is 22.8. The van der Waals surface area contributed by atoms with Gasteiger partial charge in [0.2, 0.25) is 11.1 Å². The van der Waals surface area contributed by atoms with Crippen molar-refractivity contribution in [2.45, 2.75) is 36.7 Å². The molecular weight excluding hydrogens is 430 g/mol. The summed E-state index contributed by atoms with van der Waals surface area (Å²) in [6, 6.07) is 25.9. The smallest absolute Gasteiger partial charge is 0.240 e. The van der Waals surface area contributed by atoms with E-state index in [2.05, 4.69) is 33.9 Å². The number of fused-ring (bicyclic) bond motifs is 1. The molecule has 6 nitrogen and oxygen atoms in total. The van der Waals surface area contributed by atoms with Crippen LogP contribution in [0.25, 0.3) is 11.4 Å². The molecule has 2 atom stereocenters. The van der Waals surface area contributed by atoms with Crippen LogP contribution in [0.2, 0.25) is 0 Å². The highest BCUT2D eigenvalue weighted by Crippen LogP contribution is 2.39. The van der Waals surface area contributed by atoms with Crippen LogP contribution in [0.3, 0.4) is 0 Å². The van der Waals surface area contributed by atoms with Crippen molar-refractivity contribution in [2.75, 3.05) is 10.7 Å². The lowest BCUT2D eigenvalue weighted by atomic mass is 10.0. The molecule has 2 heterocycles. The predicted molar refractivity (Wildman–Crippen MR) is 133 cm³/mol. The topological polar surface area (TPSA) is 71.8 Å². The largest absolute Gasteiger partial charge is 0.325 e. The van der Waals surface area contributed by atoms with Crippen LogP contribution >= 0.6 is 11.8 Å². The first-order valence-electron chi connectivity index (χ1n) is 11.0. The van der Waals surface area contributed by atoms with Gasteiger partial charge in [0, 0.05) is 11.3 Å². The van der Waals surface area contributed by atoms with E-state index >= 15 is 0 Å². The number of carbonyl (C=O) groups is 1. The quantitative estimate of drug-likeness (QED) is 0.432. The van der Waals surface area contributed by atoms with E-state index in [0.717, 1.165) is 40.2 Å². The van der Waals surface area contributed by atoms with Crippen molar-refractivity contribution in [1.29, 1.82) is 0 Å². The van der Waals surface area contributed by atoms with Crippen molar-refractivity contribution in [3.63, 3.8) is 0 Å². The van der Waals surface area contributed by atoms with Gasteiger partial charge in [0.15, 0.2) is 5.82 Å². The van der Waals surface area contributed by atoms with E-state index in [1.54, 1.807) is 0 Å². The molecule has 0 saturated carbocycles. The van der Waals surface area contributed by atoms with Gasteiger partial charge < -0.3 is 10.7 Å². The van der Waals surface area contributed by atoms with Gasteiger partial charge in [0.25, 0.3) is 0 Å². The summed E-state index contributed by atoms with van der Waals surface area (Å²) in [5, 5.41) is 12.3. The van der Waals surface area contributed by atoms with Gasteiger partial charge in [-0.15, -0.1) is 10.2 Å². The molecule has 0 bridgehead atoms. The van der Waals surface area contributed by atoms with E-state index < -0.39 is 5.25 Å². The molecule has 1 aliphatic heterocycles. The standard InChI is InChI=1S/C26H25N5OS/c1-3-18-16-10-11-17(2)21(18)27-25(32)23-22(19-12-6-4-7-13-19)30-31-24(28-29-26(31)33-23)20-14-8-5-9-15-20/h4-16,22-23,30H,3H2,1-2H3,(H,27,32)/t22-,23-/m1/s1. The third-order valence-corrected chi connectivity index (χ3v) is 7.09. The van der Waals surface area contributed by atoms with E-state index in [-0.39, 0.29) is 11.9 Å². The van der Waals surface area contributed by atoms with Gasteiger partial charge in [-0.05, 0) is 30.0 Å².